The fourth-order valence-corrected chi connectivity index (χ4v) is 5.04. The molecule has 0 radical (unpaired) electrons. The maximum atomic E-state index is 12.8. The predicted molar refractivity (Wildman–Crippen MR) is 128 cm³/mol. The first kappa shape index (κ1) is 23.8. The van der Waals surface area contributed by atoms with Crippen molar-refractivity contribution in [2.75, 3.05) is 19.8 Å². The Morgan fingerprint density at radius 3 is 2.42 bits per heavy atom. The predicted octanol–water partition coefficient (Wildman–Crippen LogP) is 5.85. The van der Waals surface area contributed by atoms with Gasteiger partial charge in [-0.15, -0.1) is 0 Å². The van der Waals surface area contributed by atoms with Crippen LogP contribution in [-0.4, -0.2) is 36.6 Å². The molecule has 0 aromatic heterocycles. The molecule has 1 aromatic carbocycles. The molecule has 1 aromatic rings. The fourth-order valence-electron chi connectivity index (χ4n) is 5.04. The fraction of sp³-hybridized carbons (Fsp3) is 0.667. The molecule has 2 fully saturated rings. The van der Waals surface area contributed by atoms with E-state index in [9.17, 15) is 4.79 Å². The van der Waals surface area contributed by atoms with Gasteiger partial charge in [-0.25, -0.2) is 0 Å². The highest BCUT2D eigenvalue weighted by Gasteiger charge is 2.30. The van der Waals surface area contributed by atoms with Crippen LogP contribution in [0.3, 0.4) is 0 Å². The first-order valence-electron chi connectivity index (χ1n) is 12.6. The number of likely N-dealkylation sites (tertiary alicyclic amines) is 1. The van der Waals surface area contributed by atoms with Crippen molar-refractivity contribution >= 4 is 5.91 Å². The maximum Gasteiger partial charge on any atom is 0.254 e. The zero-order valence-corrected chi connectivity index (χ0v) is 19.3. The highest BCUT2D eigenvalue weighted by Crippen LogP contribution is 2.24. The topological polar surface area (TPSA) is 55.6 Å². The second kappa shape index (κ2) is 12.9. The molecule has 2 aliphatic rings. The molecular weight excluding hydrogens is 384 g/mol. The lowest BCUT2D eigenvalue weighted by atomic mass is 9.90. The summed E-state index contributed by atoms with van der Waals surface area (Å²) in [5, 5.41) is 0. The van der Waals surface area contributed by atoms with Crippen LogP contribution in [0, 0.1) is 5.92 Å². The van der Waals surface area contributed by atoms with E-state index in [1.165, 1.54) is 69.8 Å². The standard InChI is InChI=1S/C27H42N2O2/c1-22(28)26-14-10-19-29(26)27(30)25-17-15-23(16-18-25)11-6-3-2-4-9-20-31-21-24-12-7-5-8-13-24/h15-18,24,26H,1-14,19-21,28H2. The molecule has 0 bridgehead atoms. The third-order valence-corrected chi connectivity index (χ3v) is 6.97. The molecule has 1 amide bonds. The van der Waals surface area contributed by atoms with E-state index in [0.717, 1.165) is 50.5 Å². The average molecular weight is 427 g/mol. The van der Waals surface area contributed by atoms with Crippen LogP contribution in [0.4, 0.5) is 0 Å². The molecular formula is C27H42N2O2. The lowest BCUT2D eigenvalue weighted by Crippen LogP contribution is -2.38. The lowest BCUT2D eigenvalue weighted by Gasteiger charge is -2.24. The van der Waals surface area contributed by atoms with Gasteiger partial charge in [0.1, 0.15) is 0 Å². The largest absolute Gasteiger partial charge is 0.401 e. The first-order valence-corrected chi connectivity index (χ1v) is 12.6. The van der Waals surface area contributed by atoms with Crippen molar-refractivity contribution in [3.63, 3.8) is 0 Å². The Balaban J connectivity index is 1.25. The Hall–Kier alpha value is -1.81. The van der Waals surface area contributed by atoms with Gasteiger partial charge >= 0.3 is 0 Å². The quantitative estimate of drug-likeness (QED) is 0.426. The summed E-state index contributed by atoms with van der Waals surface area (Å²) >= 11 is 0. The lowest BCUT2D eigenvalue weighted by molar-refractivity contribution is 0.0755. The van der Waals surface area contributed by atoms with Crippen molar-refractivity contribution in [2.24, 2.45) is 11.7 Å². The molecule has 1 aliphatic heterocycles. The molecule has 31 heavy (non-hydrogen) atoms. The molecule has 1 heterocycles. The molecule has 172 valence electrons. The number of carbonyl (C=O) groups is 1. The van der Waals surface area contributed by atoms with Crippen LogP contribution in [0.15, 0.2) is 36.5 Å². The van der Waals surface area contributed by atoms with E-state index >= 15 is 0 Å². The summed E-state index contributed by atoms with van der Waals surface area (Å²) in [5.74, 6) is 0.902. The number of rotatable bonds is 12. The summed E-state index contributed by atoms with van der Waals surface area (Å²) in [6.07, 6.45) is 16.2. The van der Waals surface area contributed by atoms with Gasteiger partial charge in [-0.3, -0.25) is 4.79 Å². The van der Waals surface area contributed by atoms with Crippen LogP contribution in [0.1, 0.15) is 93.0 Å². The van der Waals surface area contributed by atoms with E-state index in [1.807, 2.05) is 17.0 Å². The van der Waals surface area contributed by atoms with E-state index in [2.05, 4.69) is 18.7 Å². The smallest absolute Gasteiger partial charge is 0.254 e. The van der Waals surface area contributed by atoms with Crippen LogP contribution < -0.4 is 5.73 Å². The van der Waals surface area contributed by atoms with Gasteiger partial charge in [0, 0.05) is 31.0 Å². The number of amides is 1. The van der Waals surface area contributed by atoms with Crippen molar-refractivity contribution in [3.05, 3.63) is 47.7 Å². The summed E-state index contributed by atoms with van der Waals surface area (Å²) in [4.78, 5) is 14.7. The minimum Gasteiger partial charge on any atom is -0.401 e. The van der Waals surface area contributed by atoms with Crippen LogP contribution >= 0.6 is 0 Å². The van der Waals surface area contributed by atoms with Gasteiger partial charge in [0.15, 0.2) is 0 Å². The Morgan fingerprint density at radius 1 is 0.968 bits per heavy atom. The second-order valence-electron chi connectivity index (χ2n) is 9.53. The monoisotopic (exact) mass is 426 g/mol. The van der Waals surface area contributed by atoms with E-state index in [4.69, 9.17) is 10.5 Å². The van der Waals surface area contributed by atoms with Crippen LogP contribution in [-0.2, 0) is 11.2 Å². The Morgan fingerprint density at radius 2 is 1.68 bits per heavy atom. The number of aryl methyl sites for hydroxylation is 1. The molecule has 1 atom stereocenters. The number of nitrogens with zero attached hydrogens (tertiary/aromatic N) is 1. The highest BCUT2D eigenvalue weighted by molar-refractivity contribution is 5.94. The minimum atomic E-state index is -0.00941. The van der Waals surface area contributed by atoms with Crippen molar-refractivity contribution in [3.8, 4) is 0 Å². The number of hydrogen-bond donors (Lipinski definition) is 1. The Labute approximate surface area is 189 Å². The van der Waals surface area contributed by atoms with Gasteiger partial charge in [0.25, 0.3) is 5.91 Å². The van der Waals surface area contributed by atoms with E-state index in [1.54, 1.807) is 0 Å². The van der Waals surface area contributed by atoms with Crippen molar-refractivity contribution in [2.45, 2.75) is 89.5 Å². The molecule has 4 nitrogen and oxygen atoms in total. The first-order chi connectivity index (χ1) is 15.1. The summed E-state index contributed by atoms with van der Waals surface area (Å²) in [7, 11) is 0. The Bertz CT molecular complexity index is 679. The summed E-state index contributed by atoms with van der Waals surface area (Å²) < 4.78 is 5.89. The highest BCUT2D eigenvalue weighted by atomic mass is 16.5. The second-order valence-corrected chi connectivity index (χ2v) is 9.53. The normalized spacial score (nSPS) is 19.6. The SMILES string of the molecule is C=C(N)C1CCCN1C(=O)c1ccc(CCCCCCCOCC2CCCCC2)cc1. The van der Waals surface area contributed by atoms with E-state index in [0.29, 0.717) is 5.70 Å². The van der Waals surface area contributed by atoms with Crippen molar-refractivity contribution < 1.29 is 9.53 Å². The van der Waals surface area contributed by atoms with Crippen LogP contribution in [0.2, 0.25) is 0 Å². The van der Waals surface area contributed by atoms with Gasteiger partial charge in [0.05, 0.1) is 6.04 Å². The molecule has 2 N–H and O–H groups in total. The Kier molecular flexibility index (Phi) is 9.92. The van der Waals surface area contributed by atoms with Gasteiger partial charge in [-0.1, -0.05) is 57.2 Å². The van der Waals surface area contributed by atoms with Gasteiger partial charge < -0.3 is 15.4 Å². The maximum absolute atomic E-state index is 12.8. The number of carbonyl (C=O) groups excluding carboxylic acids is 1. The molecule has 1 saturated carbocycles. The number of ether oxygens (including phenoxy) is 1. The zero-order chi connectivity index (χ0) is 21.9. The molecule has 1 unspecified atom stereocenters. The number of unbranched alkanes of at least 4 members (excludes halogenated alkanes) is 4. The molecule has 4 heteroatoms. The molecule has 1 aliphatic carbocycles. The van der Waals surface area contributed by atoms with Crippen LogP contribution in [0.5, 0.6) is 0 Å². The van der Waals surface area contributed by atoms with E-state index < -0.39 is 0 Å². The number of hydrogen-bond acceptors (Lipinski definition) is 3. The zero-order valence-electron chi connectivity index (χ0n) is 19.3. The van der Waals surface area contributed by atoms with Crippen molar-refractivity contribution in [1.82, 2.24) is 4.90 Å². The molecule has 0 spiro atoms. The van der Waals surface area contributed by atoms with Crippen LogP contribution in [0.25, 0.3) is 0 Å². The third kappa shape index (κ3) is 7.68. The van der Waals surface area contributed by atoms with Gasteiger partial charge in [-0.05, 0) is 68.6 Å². The summed E-state index contributed by atoms with van der Waals surface area (Å²) in [6.45, 7) is 6.53. The summed E-state index contributed by atoms with van der Waals surface area (Å²) in [5.41, 5.74) is 8.54. The van der Waals surface area contributed by atoms with Gasteiger partial charge in [0.2, 0.25) is 0 Å². The molecule has 1 saturated heterocycles. The van der Waals surface area contributed by atoms with Crippen molar-refractivity contribution in [1.29, 1.82) is 0 Å². The summed E-state index contributed by atoms with van der Waals surface area (Å²) in [6, 6.07) is 8.14. The number of benzene rings is 1. The molecule has 3 rings (SSSR count). The third-order valence-electron chi connectivity index (χ3n) is 6.97. The van der Waals surface area contributed by atoms with Gasteiger partial charge in [-0.2, -0.15) is 0 Å². The average Bonchev–Trinajstić information content (AvgIpc) is 3.29. The number of nitrogens with two attached hydrogens (primary N) is 1. The minimum absolute atomic E-state index is 0.00941. The van der Waals surface area contributed by atoms with E-state index in [-0.39, 0.29) is 11.9 Å².